The molecular formula is C22H29N3O2. The maximum atomic E-state index is 12.8. The average molecular weight is 367 g/mol. The molecule has 2 heterocycles. The lowest BCUT2D eigenvalue weighted by atomic mass is 9.96. The predicted molar refractivity (Wildman–Crippen MR) is 107 cm³/mol. The number of rotatable bonds is 6. The van der Waals surface area contributed by atoms with Crippen molar-refractivity contribution in [1.29, 1.82) is 0 Å². The van der Waals surface area contributed by atoms with Gasteiger partial charge in [-0.25, -0.2) is 9.78 Å². The summed E-state index contributed by atoms with van der Waals surface area (Å²) in [5.41, 5.74) is 2.08. The van der Waals surface area contributed by atoms with Gasteiger partial charge in [0, 0.05) is 24.8 Å². The fourth-order valence-corrected chi connectivity index (χ4v) is 3.41. The lowest BCUT2D eigenvalue weighted by Crippen LogP contribution is -2.39. The second-order valence-electron chi connectivity index (χ2n) is 7.46. The molecule has 0 unspecified atom stereocenters. The summed E-state index contributed by atoms with van der Waals surface area (Å²) in [4.78, 5) is 19.2. The summed E-state index contributed by atoms with van der Waals surface area (Å²) in [5.74, 6) is 1.40. The van der Waals surface area contributed by atoms with Crippen LogP contribution in [0.4, 0.5) is 10.6 Å². The van der Waals surface area contributed by atoms with E-state index in [9.17, 15) is 4.79 Å². The highest BCUT2D eigenvalue weighted by Crippen LogP contribution is 2.34. The van der Waals surface area contributed by atoms with Crippen molar-refractivity contribution in [2.24, 2.45) is 5.92 Å². The van der Waals surface area contributed by atoms with E-state index in [0.717, 1.165) is 49.3 Å². The number of nitrogens with one attached hydrogen (secondary N) is 1. The van der Waals surface area contributed by atoms with Crippen LogP contribution >= 0.6 is 0 Å². The first-order valence-corrected chi connectivity index (χ1v) is 9.81. The molecule has 1 aliphatic rings. The number of ether oxygens (including phenoxy) is 1. The first-order chi connectivity index (χ1) is 13.1. The predicted octanol–water partition coefficient (Wildman–Crippen LogP) is 5.01. The Morgan fingerprint density at radius 2 is 2.04 bits per heavy atom. The third-order valence-corrected chi connectivity index (χ3v) is 4.82. The molecule has 1 N–H and O–H groups in total. The van der Waals surface area contributed by atoms with E-state index in [2.05, 4.69) is 30.2 Å². The van der Waals surface area contributed by atoms with E-state index < -0.39 is 0 Å². The molecule has 0 saturated carbocycles. The molecule has 0 radical (unpaired) electrons. The van der Waals surface area contributed by atoms with E-state index in [4.69, 9.17) is 4.74 Å². The van der Waals surface area contributed by atoms with Crippen LogP contribution in [0.25, 0.3) is 0 Å². The Morgan fingerprint density at radius 1 is 1.22 bits per heavy atom. The standard InChI is InChI=1S/C22H29N3O2/c1-17(2)15-24-21-19(11-8-13-23-21)20-12-6-7-14-25(20)22(26)27-16-18-9-4-3-5-10-18/h3-5,8-11,13,17,20H,6-7,12,14-16H2,1-2H3,(H,23,24)/t20-/m0/s1. The maximum absolute atomic E-state index is 12.8. The number of pyridine rings is 1. The molecular weight excluding hydrogens is 338 g/mol. The summed E-state index contributed by atoms with van der Waals surface area (Å²) in [5, 5.41) is 3.44. The van der Waals surface area contributed by atoms with Gasteiger partial charge in [0.05, 0.1) is 6.04 Å². The topological polar surface area (TPSA) is 54.5 Å². The van der Waals surface area contributed by atoms with Crippen LogP contribution in [-0.4, -0.2) is 29.1 Å². The summed E-state index contributed by atoms with van der Waals surface area (Å²) in [6.07, 6.45) is 4.59. The summed E-state index contributed by atoms with van der Waals surface area (Å²) < 4.78 is 5.60. The second kappa shape index (κ2) is 9.40. The number of amides is 1. The van der Waals surface area contributed by atoms with Crippen LogP contribution < -0.4 is 5.32 Å². The SMILES string of the molecule is CC(C)CNc1ncccc1[C@@H]1CCCCN1C(=O)OCc1ccccc1. The van der Waals surface area contributed by atoms with Crippen LogP contribution in [0.3, 0.4) is 0 Å². The van der Waals surface area contributed by atoms with Crippen molar-refractivity contribution in [2.45, 2.75) is 45.8 Å². The van der Waals surface area contributed by atoms with Gasteiger partial charge in [-0.3, -0.25) is 0 Å². The van der Waals surface area contributed by atoms with Crippen LogP contribution in [0, 0.1) is 5.92 Å². The monoisotopic (exact) mass is 367 g/mol. The fraction of sp³-hybridized carbons (Fsp3) is 0.455. The average Bonchev–Trinajstić information content (AvgIpc) is 2.71. The van der Waals surface area contributed by atoms with Crippen molar-refractivity contribution in [3.05, 3.63) is 59.8 Å². The quantitative estimate of drug-likeness (QED) is 0.779. The van der Waals surface area contributed by atoms with Crippen molar-refractivity contribution in [3.8, 4) is 0 Å². The van der Waals surface area contributed by atoms with Gasteiger partial charge in [0.2, 0.25) is 0 Å². The van der Waals surface area contributed by atoms with Crippen LogP contribution in [-0.2, 0) is 11.3 Å². The van der Waals surface area contributed by atoms with Crippen LogP contribution in [0.15, 0.2) is 48.7 Å². The van der Waals surface area contributed by atoms with Gasteiger partial charge in [-0.05, 0) is 36.8 Å². The molecule has 0 aliphatic carbocycles. The number of anilines is 1. The minimum Gasteiger partial charge on any atom is -0.445 e. The van der Waals surface area contributed by atoms with E-state index in [1.807, 2.05) is 41.3 Å². The van der Waals surface area contributed by atoms with E-state index in [0.29, 0.717) is 12.5 Å². The molecule has 5 heteroatoms. The maximum Gasteiger partial charge on any atom is 0.410 e. The van der Waals surface area contributed by atoms with E-state index in [1.165, 1.54) is 0 Å². The fourth-order valence-electron chi connectivity index (χ4n) is 3.41. The second-order valence-corrected chi connectivity index (χ2v) is 7.46. The first-order valence-electron chi connectivity index (χ1n) is 9.81. The van der Waals surface area contributed by atoms with Crippen LogP contribution in [0.5, 0.6) is 0 Å². The Hall–Kier alpha value is -2.56. The third kappa shape index (κ3) is 5.22. The lowest BCUT2D eigenvalue weighted by Gasteiger charge is -2.36. The van der Waals surface area contributed by atoms with Gasteiger partial charge in [-0.15, -0.1) is 0 Å². The van der Waals surface area contributed by atoms with Crippen molar-refractivity contribution >= 4 is 11.9 Å². The zero-order valence-electron chi connectivity index (χ0n) is 16.2. The molecule has 1 aliphatic heterocycles. The highest BCUT2D eigenvalue weighted by Gasteiger charge is 2.31. The van der Waals surface area contributed by atoms with Crippen LogP contribution in [0.1, 0.15) is 50.3 Å². The number of hydrogen-bond donors (Lipinski definition) is 1. The summed E-state index contributed by atoms with van der Waals surface area (Å²) in [6.45, 7) is 6.22. The molecule has 0 bridgehead atoms. The van der Waals surface area contributed by atoms with Crippen molar-refractivity contribution < 1.29 is 9.53 Å². The van der Waals surface area contributed by atoms with Gasteiger partial charge >= 0.3 is 6.09 Å². The molecule has 1 aromatic carbocycles. The number of nitrogens with zero attached hydrogens (tertiary/aromatic N) is 2. The molecule has 1 aromatic heterocycles. The molecule has 0 spiro atoms. The van der Waals surface area contributed by atoms with Gasteiger partial charge in [-0.2, -0.15) is 0 Å². The summed E-state index contributed by atoms with van der Waals surface area (Å²) in [6, 6.07) is 13.8. The Balaban J connectivity index is 1.72. The molecule has 1 amide bonds. The molecule has 144 valence electrons. The van der Waals surface area contributed by atoms with Gasteiger partial charge in [-0.1, -0.05) is 50.2 Å². The van der Waals surface area contributed by atoms with Gasteiger partial charge in [0.15, 0.2) is 0 Å². The van der Waals surface area contributed by atoms with E-state index in [-0.39, 0.29) is 12.1 Å². The number of carbonyl (C=O) groups excluding carboxylic acids is 1. The number of benzene rings is 1. The first kappa shape index (κ1) is 19.2. The van der Waals surface area contributed by atoms with Gasteiger partial charge in [0.1, 0.15) is 12.4 Å². The third-order valence-electron chi connectivity index (χ3n) is 4.82. The number of piperidine rings is 1. The van der Waals surface area contributed by atoms with Crippen molar-refractivity contribution in [1.82, 2.24) is 9.88 Å². The smallest absolute Gasteiger partial charge is 0.410 e. The summed E-state index contributed by atoms with van der Waals surface area (Å²) >= 11 is 0. The largest absolute Gasteiger partial charge is 0.445 e. The number of likely N-dealkylation sites (tertiary alicyclic amines) is 1. The molecule has 1 saturated heterocycles. The van der Waals surface area contributed by atoms with E-state index in [1.54, 1.807) is 6.20 Å². The molecule has 3 rings (SSSR count). The summed E-state index contributed by atoms with van der Waals surface area (Å²) in [7, 11) is 0. The number of aromatic nitrogens is 1. The zero-order chi connectivity index (χ0) is 19.1. The molecule has 2 aromatic rings. The van der Waals surface area contributed by atoms with Gasteiger partial charge in [0.25, 0.3) is 0 Å². The Kier molecular flexibility index (Phi) is 6.69. The molecule has 5 nitrogen and oxygen atoms in total. The highest BCUT2D eigenvalue weighted by atomic mass is 16.6. The zero-order valence-corrected chi connectivity index (χ0v) is 16.2. The van der Waals surface area contributed by atoms with Crippen molar-refractivity contribution in [2.75, 3.05) is 18.4 Å². The Labute approximate surface area is 161 Å². The van der Waals surface area contributed by atoms with E-state index >= 15 is 0 Å². The Morgan fingerprint density at radius 3 is 2.81 bits per heavy atom. The van der Waals surface area contributed by atoms with Crippen molar-refractivity contribution in [3.63, 3.8) is 0 Å². The minimum atomic E-state index is -0.248. The normalized spacial score (nSPS) is 17.0. The van der Waals surface area contributed by atoms with Gasteiger partial charge < -0.3 is 15.0 Å². The minimum absolute atomic E-state index is 0.00499. The van der Waals surface area contributed by atoms with Crippen LogP contribution in [0.2, 0.25) is 0 Å². The number of hydrogen-bond acceptors (Lipinski definition) is 4. The molecule has 1 fully saturated rings. The number of carbonyl (C=O) groups is 1. The lowest BCUT2D eigenvalue weighted by molar-refractivity contribution is 0.0680. The highest BCUT2D eigenvalue weighted by molar-refractivity contribution is 5.69. The molecule has 27 heavy (non-hydrogen) atoms. The molecule has 1 atom stereocenters. The Bertz CT molecular complexity index is 733.